The summed E-state index contributed by atoms with van der Waals surface area (Å²) >= 11 is 4.10. The molecule has 1 aliphatic carbocycles. The van der Waals surface area contributed by atoms with Gasteiger partial charge in [-0.15, -0.1) is 0 Å². The third-order valence-electron chi connectivity index (χ3n) is 3.65. The van der Waals surface area contributed by atoms with E-state index in [0.717, 1.165) is 25.7 Å². The van der Waals surface area contributed by atoms with Crippen molar-refractivity contribution in [1.82, 2.24) is 0 Å². The molecule has 0 heterocycles. The molecule has 1 nitrogen and oxygen atoms in total. The lowest BCUT2D eigenvalue weighted by atomic mass is 9.83. The van der Waals surface area contributed by atoms with Crippen LogP contribution in [0.4, 0.5) is 26.3 Å². The van der Waals surface area contributed by atoms with Gasteiger partial charge in [0.1, 0.15) is 0 Å². The van der Waals surface area contributed by atoms with Crippen LogP contribution >= 0.6 is 12.6 Å². The van der Waals surface area contributed by atoms with Gasteiger partial charge in [-0.2, -0.15) is 39.0 Å². The highest BCUT2D eigenvalue weighted by atomic mass is 32.1. The Morgan fingerprint density at radius 2 is 1.35 bits per heavy atom. The van der Waals surface area contributed by atoms with E-state index >= 15 is 0 Å². The Balaban J connectivity index is 2.74. The van der Waals surface area contributed by atoms with Gasteiger partial charge in [-0.1, -0.05) is 25.7 Å². The maximum absolute atomic E-state index is 12.4. The molecule has 0 aromatic rings. The molecule has 0 aromatic heterocycles. The van der Waals surface area contributed by atoms with Crippen molar-refractivity contribution in [2.45, 2.75) is 57.0 Å². The van der Waals surface area contributed by atoms with Gasteiger partial charge in [-0.05, 0) is 18.6 Å². The molecule has 0 saturated heterocycles. The van der Waals surface area contributed by atoms with Gasteiger partial charge in [0.2, 0.25) is 6.10 Å². The van der Waals surface area contributed by atoms with Crippen molar-refractivity contribution < 1.29 is 31.1 Å². The third-order valence-corrected chi connectivity index (χ3v) is 4.32. The van der Waals surface area contributed by atoms with E-state index in [0.29, 0.717) is 12.8 Å². The van der Waals surface area contributed by atoms with E-state index in [1.807, 2.05) is 0 Å². The smallest absolute Gasteiger partial charge is 0.360 e. The van der Waals surface area contributed by atoms with Crippen molar-refractivity contribution in [3.8, 4) is 0 Å². The fourth-order valence-electron chi connectivity index (χ4n) is 2.46. The predicted octanol–water partition coefficient (Wildman–Crippen LogP) is 4.77. The fourth-order valence-corrected chi connectivity index (χ4v) is 2.87. The van der Waals surface area contributed by atoms with Gasteiger partial charge in [0.25, 0.3) is 0 Å². The van der Waals surface area contributed by atoms with Crippen LogP contribution in [0, 0.1) is 5.41 Å². The van der Waals surface area contributed by atoms with Gasteiger partial charge in [0.05, 0.1) is 6.61 Å². The number of halogens is 6. The summed E-state index contributed by atoms with van der Waals surface area (Å²) in [6, 6.07) is 0. The molecule has 1 saturated carbocycles. The summed E-state index contributed by atoms with van der Waals surface area (Å²) in [6.07, 6.45) is -10.0. The molecule has 0 N–H and O–H groups in total. The summed E-state index contributed by atoms with van der Waals surface area (Å²) in [5.41, 5.74) is -0.686. The van der Waals surface area contributed by atoms with Gasteiger partial charge < -0.3 is 4.74 Å². The summed E-state index contributed by atoms with van der Waals surface area (Å²) in [7, 11) is 0. The SMILES string of the molecule is FC(F)(F)C(OCC1(CS)CCCCCC1)C(F)(F)F. The van der Waals surface area contributed by atoms with Crippen molar-refractivity contribution in [2.75, 3.05) is 12.4 Å². The fraction of sp³-hybridized carbons (Fsp3) is 1.00. The highest BCUT2D eigenvalue weighted by Crippen LogP contribution is 2.40. The van der Waals surface area contributed by atoms with E-state index < -0.39 is 30.5 Å². The maximum Gasteiger partial charge on any atom is 0.423 e. The van der Waals surface area contributed by atoms with E-state index in [1.165, 1.54) is 0 Å². The Labute approximate surface area is 119 Å². The summed E-state index contributed by atoms with van der Waals surface area (Å²) < 4.78 is 78.8. The zero-order chi connectivity index (χ0) is 15.4. The second-order valence-corrected chi connectivity index (χ2v) is 5.66. The summed E-state index contributed by atoms with van der Waals surface area (Å²) in [6.45, 7) is -0.555. The van der Waals surface area contributed by atoms with Crippen molar-refractivity contribution in [3.05, 3.63) is 0 Å². The monoisotopic (exact) mass is 324 g/mol. The van der Waals surface area contributed by atoms with E-state index in [1.54, 1.807) is 0 Å². The van der Waals surface area contributed by atoms with Crippen molar-refractivity contribution >= 4 is 12.6 Å². The minimum absolute atomic E-state index is 0.232. The van der Waals surface area contributed by atoms with Crippen LogP contribution in [0.25, 0.3) is 0 Å². The first-order valence-corrected chi connectivity index (χ1v) is 7.10. The average molecular weight is 324 g/mol. The molecule has 0 radical (unpaired) electrons. The first-order chi connectivity index (χ1) is 9.11. The average Bonchev–Trinajstić information content (AvgIpc) is 2.52. The lowest BCUT2D eigenvalue weighted by Crippen LogP contribution is -2.46. The molecule has 0 unspecified atom stereocenters. The Bertz CT molecular complexity index is 279. The van der Waals surface area contributed by atoms with E-state index in [9.17, 15) is 26.3 Å². The van der Waals surface area contributed by atoms with Crippen molar-refractivity contribution in [3.63, 3.8) is 0 Å². The zero-order valence-corrected chi connectivity index (χ0v) is 11.8. The molecule has 1 fully saturated rings. The molecule has 0 spiro atoms. The molecule has 0 aliphatic heterocycles. The number of alkyl halides is 6. The first-order valence-electron chi connectivity index (χ1n) is 6.47. The van der Waals surface area contributed by atoms with Crippen LogP contribution < -0.4 is 0 Å². The minimum Gasteiger partial charge on any atom is -0.360 e. The molecule has 0 amide bonds. The molecule has 8 heteroatoms. The molecular formula is C12H18F6OS. The van der Waals surface area contributed by atoms with Gasteiger partial charge in [-0.25, -0.2) is 0 Å². The van der Waals surface area contributed by atoms with Crippen LogP contribution in [0.15, 0.2) is 0 Å². The highest BCUT2D eigenvalue weighted by Gasteiger charge is 2.58. The van der Waals surface area contributed by atoms with Crippen LogP contribution in [0.5, 0.6) is 0 Å². The number of hydrogen-bond donors (Lipinski definition) is 1. The van der Waals surface area contributed by atoms with Crippen molar-refractivity contribution in [1.29, 1.82) is 0 Å². The predicted molar refractivity (Wildman–Crippen MR) is 65.8 cm³/mol. The Morgan fingerprint density at radius 3 is 1.70 bits per heavy atom. The quantitative estimate of drug-likeness (QED) is 0.445. The Hall–Kier alpha value is -0.110. The topological polar surface area (TPSA) is 9.23 Å². The van der Waals surface area contributed by atoms with Crippen LogP contribution in [-0.4, -0.2) is 30.8 Å². The van der Waals surface area contributed by atoms with Gasteiger partial charge in [-0.3, -0.25) is 0 Å². The standard InChI is InChI=1S/C12H18F6OS/c13-11(14,15)9(12(16,17)18)19-7-10(8-20)5-3-1-2-4-6-10/h9,20H,1-8H2. The molecule has 1 aliphatic rings. The Morgan fingerprint density at radius 1 is 0.900 bits per heavy atom. The lowest BCUT2D eigenvalue weighted by molar-refractivity contribution is -0.326. The number of hydrogen-bond acceptors (Lipinski definition) is 2. The zero-order valence-electron chi connectivity index (χ0n) is 10.9. The summed E-state index contributed by atoms with van der Waals surface area (Å²) in [5.74, 6) is 0.232. The van der Waals surface area contributed by atoms with Gasteiger partial charge >= 0.3 is 12.4 Å². The number of ether oxygens (including phenoxy) is 1. The molecule has 0 aromatic carbocycles. The normalized spacial score (nSPS) is 21.0. The highest BCUT2D eigenvalue weighted by molar-refractivity contribution is 7.80. The first kappa shape index (κ1) is 17.9. The van der Waals surface area contributed by atoms with E-state index in [2.05, 4.69) is 17.4 Å². The molecular weight excluding hydrogens is 306 g/mol. The third kappa shape index (κ3) is 5.02. The second-order valence-electron chi connectivity index (χ2n) is 5.35. The number of thiol groups is 1. The van der Waals surface area contributed by atoms with Gasteiger partial charge in [0, 0.05) is 5.41 Å². The number of rotatable bonds is 4. The minimum atomic E-state index is -5.44. The van der Waals surface area contributed by atoms with Crippen LogP contribution in [0.1, 0.15) is 38.5 Å². The molecule has 20 heavy (non-hydrogen) atoms. The molecule has 0 bridgehead atoms. The second kappa shape index (κ2) is 6.77. The molecule has 0 atom stereocenters. The van der Waals surface area contributed by atoms with Crippen LogP contribution in [0.3, 0.4) is 0 Å². The summed E-state index contributed by atoms with van der Waals surface area (Å²) in [4.78, 5) is 0. The van der Waals surface area contributed by atoms with E-state index in [-0.39, 0.29) is 5.75 Å². The summed E-state index contributed by atoms with van der Waals surface area (Å²) in [5, 5.41) is 0. The van der Waals surface area contributed by atoms with E-state index in [4.69, 9.17) is 0 Å². The molecule has 1 rings (SSSR count). The lowest BCUT2D eigenvalue weighted by Gasteiger charge is -2.33. The molecule has 120 valence electrons. The largest absolute Gasteiger partial charge is 0.423 e. The maximum atomic E-state index is 12.4. The van der Waals surface area contributed by atoms with Crippen LogP contribution in [-0.2, 0) is 4.74 Å². The Kier molecular flexibility index (Phi) is 6.07. The van der Waals surface area contributed by atoms with Crippen molar-refractivity contribution in [2.24, 2.45) is 5.41 Å². The van der Waals surface area contributed by atoms with Gasteiger partial charge in [0.15, 0.2) is 0 Å². The van der Waals surface area contributed by atoms with Crippen LogP contribution in [0.2, 0.25) is 0 Å².